The number of ether oxygens (including phenoxy) is 3. The molecule has 0 aliphatic heterocycles. The van der Waals surface area contributed by atoms with Crippen LogP contribution in [0.25, 0.3) is 0 Å². The molecule has 1 unspecified atom stereocenters. The van der Waals surface area contributed by atoms with Gasteiger partial charge in [-0.3, -0.25) is 14.4 Å². The second-order valence-corrected chi connectivity index (χ2v) is 16.7. The molecule has 0 aromatic rings. The molecule has 0 heterocycles. The Balaban J connectivity index is 4.33. The number of rotatable bonds is 45. The molecule has 1 atom stereocenters. The molecule has 0 fully saturated rings. The molecule has 0 rings (SSSR count). The first-order chi connectivity index (χ1) is 30.0. The van der Waals surface area contributed by atoms with Crippen molar-refractivity contribution in [3.05, 3.63) is 72.9 Å². The molecule has 0 saturated heterocycles. The van der Waals surface area contributed by atoms with Gasteiger partial charge in [-0.25, -0.2) is 0 Å². The molecule has 0 aromatic heterocycles. The van der Waals surface area contributed by atoms with E-state index in [1.807, 2.05) is 0 Å². The maximum absolute atomic E-state index is 12.8. The van der Waals surface area contributed by atoms with Gasteiger partial charge in [0.25, 0.3) is 0 Å². The average molecular weight is 851 g/mol. The molecule has 0 spiro atoms. The lowest BCUT2D eigenvalue weighted by molar-refractivity contribution is -0.167. The Labute approximate surface area is 376 Å². The number of hydrogen-bond donors (Lipinski definition) is 0. The summed E-state index contributed by atoms with van der Waals surface area (Å²) in [6, 6.07) is 0. The molecule has 0 radical (unpaired) electrons. The van der Waals surface area contributed by atoms with Crippen LogP contribution in [0.4, 0.5) is 0 Å². The average Bonchev–Trinajstić information content (AvgIpc) is 3.26. The predicted molar refractivity (Wildman–Crippen MR) is 261 cm³/mol. The number of allylic oxidation sites excluding steroid dienone is 12. The van der Waals surface area contributed by atoms with Crippen molar-refractivity contribution in [3.8, 4) is 0 Å². The first-order valence-electron chi connectivity index (χ1n) is 25.5. The Morgan fingerprint density at radius 1 is 0.361 bits per heavy atom. The Morgan fingerprint density at radius 3 is 1.21 bits per heavy atom. The van der Waals surface area contributed by atoms with Crippen molar-refractivity contribution in [3.63, 3.8) is 0 Å². The first kappa shape index (κ1) is 57.9. The summed E-state index contributed by atoms with van der Waals surface area (Å²) in [7, 11) is 0. The molecule has 6 heteroatoms. The van der Waals surface area contributed by atoms with Crippen molar-refractivity contribution in [2.75, 3.05) is 13.2 Å². The monoisotopic (exact) mass is 851 g/mol. The number of unbranched alkanes of at least 4 members (excludes halogenated alkanes) is 24. The number of esters is 3. The lowest BCUT2D eigenvalue weighted by Crippen LogP contribution is -2.30. The minimum atomic E-state index is -0.795. The van der Waals surface area contributed by atoms with Crippen LogP contribution in [0.2, 0.25) is 0 Å². The second-order valence-electron chi connectivity index (χ2n) is 16.7. The van der Waals surface area contributed by atoms with E-state index in [9.17, 15) is 14.4 Å². The van der Waals surface area contributed by atoms with Crippen molar-refractivity contribution < 1.29 is 28.6 Å². The smallest absolute Gasteiger partial charge is 0.306 e. The van der Waals surface area contributed by atoms with E-state index >= 15 is 0 Å². The molecule has 0 saturated carbocycles. The van der Waals surface area contributed by atoms with Crippen molar-refractivity contribution in [1.82, 2.24) is 0 Å². The fourth-order valence-corrected chi connectivity index (χ4v) is 6.94. The van der Waals surface area contributed by atoms with Gasteiger partial charge < -0.3 is 14.2 Å². The van der Waals surface area contributed by atoms with Crippen molar-refractivity contribution in [2.24, 2.45) is 0 Å². The van der Waals surface area contributed by atoms with Gasteiger partial charge in [-0.15, -0.1) is 0 Å². The summed E-state index contributed by atoms with van der Waals surface area (Å²) in [6.45, 7) is 6.34. The molecule has 0 amide bonds. The summed E-state index contributed by atoms with van der Waals surface area (Å²) in [4.78, 5) is 37.8. The third-order valence-electron chi connectivity index (χ3n) is 10.7. The highest BCUT2D eigenvalue weighted by Crippen LogP contribution is 2.14. The molecule has 61 heavy (non-hydrogen) atoms. The highest BCUT2D eigenvalue weighted by molar-refractivity contribution is 5.71. The van der Waals surface area contributed by atoms with Gasteiger partial charge in [0, 0.05) is 19.3 Å². The van der Waals surface area contributed by atoms with E-state index in [0.29, 0.717) is 19.3 Å². The maximum Gasteiger partial charge on any atom is 0.306 e. The molecule has 0 aliphatic rings. The predicted octanol–water partition coefficient (Wildman–Crippen LogP) is 16.6. The zero-order valence-corrected chi connectivity index (χ0v) is 39.9. The van der Waals surface area contributed by atoms with Crippen LogP contribution in [0.5, 0.6) is 0 Å². The Hall–Kier alpha value is -3.15. The standard InChI is InChI=1S/C55H94O6/c1-4-7-10-13-16-19-21-23-25-26-27-28-30-31-33-36-39-42-45-48-54(57)60-51-52(50-59-53(56)47-44-41-38-35-18-15-12-9-6-3)61-55(58)49-46-43-40-37-34-32-29-24-22-20-17-14-11-8-5-2/h8-9,11-12,14,17-18,20,22,26-27,35,52H,4-7,10,13,15-16,19,21,23-25,28-34,36-51H2,1-3H3/b11-8-,12-9-,17-14-,22-20-,27-26-,35-18-. The van der Waals surface area contributed by atoms with Gasteiger partial charge >= 0.3 is 17.9 Å². The fraction of sp³-hybridized carbons (Fsp3) is 0.727. The molecule has 0 aromatic carbocycles. The minimum Gasteiger partial charge on any atom is -0.462 e. The molecular formula is C55H94O6. The van der Waals surface area contributed by atoms with Gasteiger partial charge in [-0.05, 0) is 89.9 Å². The Bertz CT molecular complexity index is 1160. The second kappa shape index (κ2) is 49.5. The zero-order chi connectivity index (χ0) is 44.4. The van der Waals surface area contributed by atoms with E-state index in [2.05, 4.69) is 93.7 Å². The summed E-state index contributed by atoms with van der Waals surface area (Å²) in [5.41, 5.74) is 0. The lowest BCUT2D eigenvalue weighted by atomic mass is 10.1. The van der Waals surface area contributed by atoms with Crippen LogP contribution >= 0.6 is 0 Å². The van der Waals surface area contributed by atoms with Gasteiger partial charge in [0.1, 0.15) is 13.2 Å². The van der Waals surface area contributed by atoms with E-state index in [1.165, 1.54) is 116 Å². The summed E-state index contributed by atoms with van der Waals surface area (Å²) < 4.78 is 16.7. The minimum absolute atomic E-state index is 0.0932. The van der Waals surface area contributed by atoms with Crippen molar-refractivity contribution in [1.29, 1.82) is 0 Å². The maximum atomic E-state index is 12.8. The molecule has 350 valence electrons. The lowest BCUT2D eigenvalue weighted by Gasteiger charge is -2.18. The van der Waals surface area contributed by atoms with E-state index in [0.717, 1.165) is 83.5 Å². The highest BCUT2D eigenvalue weighted by atomic mass is 16.6. The van der Waals surface area contributed by atoms with Crippen molar-refractivity contribution in [2.45, 2.75) is 245 Å². The van der Waals surface area contributed by atoms with Crippen LogP contribution < -0.4 is 0 Å². The van der Waals surface area contributed by atoms with Crippen LogP contribution in [0.1, 0.15) is 239 Å². The highest BCUT2D eigenvalue weighted by Gasteiger charge is 2.19. The normalized spacial score (nSPS) is 12.6. The Kier molecular flexibility index (Phi) is 46.9. The molecule has 0 N–H and O–H groups in total. The van der Waals surface area contributed by atoms with E-state index in [-0.39, 0.29) is 31.1 Å². The fourth-order valence-electron chi connectivity index (χ4n) is 6.94. The largest absolute Gasteiger partial charge is 0.462 e. The van der Waals surface area contributed by atoms with Crippen LogP contribution in [-0.2, 0) is 28.6 Å². The van der Waals surface area contributed by atoms with E-state index in [1.54, 1.807) is 0 Å². The Morgan fingerprint density at radius 2 is 0.721 bits per heavy atom. The van der Waals surface area contributed by atoms with Crippen LogP contribution in [0, 0.1) is 0 Å². The quantitative estimate of drug-likeness (QED) is 0.0200. The van der Waals surface area contributed by atoms with Gasteiger partial charge in [0.15, 0.2) is 6.10 Å². The van der Waals surface area contributed by atoms with Crippen LogP contribution in [-0.4, -0.2) is 37.2 Å². The zero-order valence-electron chi connectivity index (χ0n) is 39.9. The summed E-state index contributed by atoms with van der Waals surface area (Å²) in [5, 5.41) is 0. The summed E-state index contributed by atoms with van der Waals surface area (Å²) in [5.74, 6) is -0.948. The number of carbonyl (C=O) groups excluding carboxylic acids is 3. The topological polar surface area (TPSA) is 78.9 Å². The van der Waals surface area contributed by atoms with Crippen molar-refractivity contribution >= 4 is 17.9 Å². The van der Waals surface area contributed by atoms with E-state index < -0.39 is 6.10 Å². The van der Waals surface area contributed by atoms with E-state index in [4.69, 9.17) is 14.2 Å². The molecule has 0 aliphatic carbocycles. The van der Waals surface area contributed by atoms with Gasteiger partial charge in [0.05, 0.1) is 0 Å². The van der Waals surface area contributed by atoms with Gasteiger partial charge in [-0.2, -0.15) is 0 Å². The van der Waals surface area contributed by atoms with Crippen LogP contribution in [0.15, 0.2) is 72.9 Å². The van der Waals surface area contributed by atoms with Crippen LogP contribution in [0.3, 0.4) is 0 Å². The first-order valence-corrected chi connectivity index (χ1v) is 25.5. The van der Waals surface area contributed by atoms with Gasteiger partial charge in [-0.1, -0.05) is 203 Å². The third kappa shape index (κ3) is 47.7. The molecule has 0 bridgehead atoms. The SMILES string of the molecule is CC\C=C/C=C\C=C/CCCCCCCCCC(=O)OC(COC(=O)CCCC/C=C\C/C=C\CC)COC(=O)CCCCCCCCC/C=C\CCCCCCCCCC. The number of hydrogen-bond acceptors (Lipinski definition) is 6. The summed E-state index contributed by atoms with van der Waals surface area (Å²) >= 11 is 0. The summed E-state index contributed by atoms with van der Waals surface area (Å²) in [6.07, 6.45) is 61.9. The third-order valence-corrected chi connectivity index (χ3v) is 10.7. The molecular weight excluding hydrogens is 757 g/mol. The molecule has 6 nitrogen and oxygen atoms in total. The number of carbonyl (C=O) groups is 3. The van der Waals surface area contributed by atoms with Gasteiger partial charge in [0.2, 0.25) is 0 Å².